The van der Waals surface area contributed by atoms with Crippen LogP contribution in [-0.2, 0) is 9.59 Å². The molecule has 1 heterocycles. The minimum atomic E-state index is -0.530. The average molecular weight is 350 g/mol. The topological polar surface area (TPSA) is 46.6 Å². The number of nitrogens with zero attached hydrogens (tertiary/aromatic N) is 1. The van der Waals surface area contributed by atoms with E-state index >= 15 is 0 Å². The average Bonchev–Trinajstić information content (AvgIpc) is 2.92. The van der Waals surface area contributed by atoms with E-state index in [0.717, 1.165) is 0 Å². The van der Waals surface area contributed by atoms with Gasteiger partial charge in [0.05, 0.1) is 10.9 Å². The molecule has 1 amide bonds. The molecule has 0 aromatic heterocycles. The summed E-state index contributed by atoms with van der Waals surface area (Å²) >= 11 is 11.9. The number of halogens is 2. The van der Waals surface area contributed by atoms with E-state index in [1.54, 1.807) is 53.4 Å². The quantitative estimate of drug-likeness (QED) is 0.622. The van der Waals surface area contributed by atoms with Gasteiger partial charge >= 0.3 is 5.97 Å². The number of benzene rings is 2. The third kappa shape index (κ3) is 3.49. The Kier molecular flexibility index (Phi) is 4.55. The first kappa shape index (κ1) is 15.8. The van der Waals surface area contributed by atoms with Crippen LogP contribution in [0.4, 0.5) is 5.69 Å². The summed E-state index contributed by atoms with van der Waals surface area (Å²) in [5.41, 5.74) is 0.676. The molecule has 0 spiro atoms. The first-order chi connectivity index (χ1) is 11.0. The summed E-state index contributed by atoms with van der Waals surface area (Å²) in [6, 6.07) is 13.7. The molecule has 0 saturated carbocycles. The lowest BCUT2D eigenvalue weighted by molar-refractivity contribution is -0.139. The molecule has 118 valence electrons. The molecule has 0 N–H and O–H groups in total. The minimum Gasteiger partial charge on any atom is -0.425 e. The Balaban J connectivity index is 1.72. The van der Waals surface area contributed by atoms with Crippen molar-refractivity contribution in [3.63, 3.8) is 0 Å². The highest BCUT2D eigenvalue weighted by atomic mass is 35.5. The zero-order valence-corrected chi connectivity index (χ0v) is 13.6. The molecule has 1 fully saturated rings. The van der Waals surface area contributed by atoms with Crippen LogP contribution in [0.15, 0.2) is 48.5 Å². The maximum absolute atomic E-state index is 12.3. The molecule has 2 aromatic carbocycles. The Morgan fingerprint density at radius 1 is 1.13 bits per heavy atom. The maximum Gasteiger partial charge on any atom is 0.316 e. The van der Waals surface area contributed by atoms with Crippen LogP contribution < -0.4 is 9.64 Å². The number of anilines is 1. The van der Waals surface area contributed by atoms with Gasteiger partial charge in [0.25, 0.3) is 0 Å². The van der Waals surface area contributed by atoms with Gasteiger partial charge in [0, 0.05) is 23.7 Å². The minimum absolute atomic E-state index is 0.107. The van der Waals surface area contributed by atoms with E-state index in [1.165, 1.54) is 0 Å². The van der Waals surface area contributed by atoms with Gasteiger partial charge in [-0.15, -0.1) is 0 Å². The Bertz CT molecular complexity index is 763. The molecule has 2 aromatic rings. The van der Waals surface area contributed by atoms with Crippen LogP contribution >= 0.6 is 23.2 Å². The normalized spacial score (nSPS) is 17.4. The van der Waals surface area contributed by atoms with E-state index in [-0.39, 0.29) is 18.9 Å². The van der Waals surface area contributed by atoms with Crippen molar-refractivity contribution in [2.24, 2.45) is 5.92 Å². The lowest BCUT2D eigenvalue weighted by Crippen LogP contribution is -2.27. The summed E-state index contributed by atoms with van der Waals surface area (Å²) in [5.74, 6) is -0.824. The van der Waals surface area contributed by atoms with Crippen LogP contribution in [0.3, 0.4) is 0 Å². The lowest BCUT2D eigenvalue weighted by Gasteiger charge is -2.16. The smallest absolute Gasteiger partial charge is 0.316 e. The molecule has 23 heavy (non-hydrogen) atoms. The molecule has 1 aliphatic rings. The third-order valence-electron chi connectivity index (χ3n) is 3.63. The monoisotopic (exact) mass is 349 g/mol. The second-order valence-electron chi connectivity index (χ2n) is 5.24. The van der Waals surface area contributed by atoms with Crippen molar-refractivity contribution in [2.75, 3.05) is 11.4 Å². The lowest BCUT2D eigenvalue weighted by atomic mass is 10.1. The molecule has 1 atom stereocenters. The fourth-order valence-electron chi connectivity index (χ4n) is 2.48. The fourth-order valence-corrected chi connectivity index (χ4v) is 2.84. The second kappa shape index (κ2) is 6.60. The van der Waals surface area contributed by atoms with Gasteiger partial charge in [-0.2, -0.15) is 0 Å². The van der Waals surface area contributed by atoms with E-state index in [1.807, 2.05) is 0 Å². The number of amides is 1. The number of ether oxygens (including phenoxy) is 1. The van der Waals surface area contributed by atoms with E-state index in [9.17, 15) is 9.59 Å². The van der Waals surface area contributed by atoms with Crippen LogP contribution in [0, 0.1) is 5.92 Å². The Labute approximate surface area is 143 Å². The highest BCUT2D eigenvalue weighted by Crippen LogP contribution is 2.29. The van der Waals surface area contributed by atoms with Gasteiger partial charge in [0.15, 0.2) is 0 Å². The molecular weight excluding hydrogens is 337 g/mol. The van der Waals surface area contributed by atoms with Crippen LogP contribution in [0.2, 0.25) is 10.0 Å². The van der Waals surface area contributed by atoms with Crippen molar-refractivity contribution in [3.8, 4) is 5.75 Å². The molecular formula is C17H13Cl2NO3. The standard InChI is InChI=1S/C17H13Cl2NO3/c18-12-4-3-5-13(9-12)20-10-11(8-16(20)21)17(22)23-15-7-2-1-6-14(15)19/h1-7,9,11H,8,10H2/t11-/m0/s1. The number of para-hydroxylation sites is 1. The molecule has 0 bridgehead atoms. The van der Waals surface area contributed by atoms with Crippen molar-refractivity contribution in [2.45, 2.75) is 6.42 Å². The number of esters is 1. The summed E-state index contributed by atoms with van der Waals surface area (Å²) in [7, 11) is 0. The van der Waals surface area contributed by atoms with Crippen LogP contribution in [-0.4, -0.2) is 18.4 Å². The Morgan fingerprint density at radius 2 is 1.91 bits per heavy atom. The first-order valence-electron chi connectivity index (χ1n) is 7.07. The number of carbonyl (C=O) groups excluding carboxylic acids is 2. The third-order valence-corrected chi connectivity index (χ3v) is 4.17. The molecule has 0 radical (unpaired) electrons. The number of carbonyl (C=O) groups is 2. The van der Waals surface area contributed by atoms with Crippen LogP contribution in [0.5, 0.6) is 5.75 Å². The highest BCUT2D eigenvalue weighted by molar-refractivity contribution is 6.32. The first-order valence-corrected chi connectivity index (χ1v) is 7.82. The largest absolute Gasteiger partial charge is 0.425 e. The van der Waals surface area contributed by atoms with E-state index < -0.39 is 11.9 Å². The van der Waals surface area contributed by atoms with Gasteiger partial charge < -0.3 is 9.64 Å². The predicted molar refractivity (Wildman–Crippen MR) is 89.0 cm³/mol. The molecule has 1 aliphatic heterocycles. The van der Waals surface area contributed by atoms with Gasteiger partial charge in [-0.1, -0.05) is 41.4 Å². The maximum atomic E-state index is 12.3. The molecule has 3 rings (SSSR count). The number of hydrogen-bond donors (Lipinski definition) is 0. The molecule has 0 unspecified atom stereocenters. The Morgan fingerprint density at radius 3 is 2.65 bits per heavy atom. The van der Waals surface area contributed by atoms with Crippen LogP contribution in [0.1, 0.15) is 6.42 Å². The zero-order chi connectivity index (χ0) is 16.4. The summed E-state index contributed by atoms with van der Waals surface area (Å²) in [6.45, 7) is 0.266. The van der Waals surface area contributed by atoms with Crippen LogP contribution in [0.25, 0.3) is 0 Å². The molecule has 4 nitrogen and oxygen atoms in total. The summed E-state index contributed by atoms with van der Waals surface area (Å²) in [6.07, 6.45) is 0.107. The highest BCUT2D eigenvalue weighted by Gasteiger charge is 2.36. The second-order valence-corrected chi connectivity index (χ2v) is 6.08. The van der Waals surface area contributed by atoms with Crippen molar-refractivity contribution < 1.29 is 14.3 Å². The van der Waals surface area contributed by atoms with Gasteiger partial charge in [-0.05, 0) is 30.3 Å². The van der Waals surface area contributed by atoms with Crippen molar-refractivity contribution in [3.05, 3.63) is 58.6 Å². The summed E-state index contributed by atoms with van der Waals surface area (Å²) in [4.78, 5) is 26.0. The SMILES string of the molecule is O=C(Oc1ccccc1Cl)[C@H]1CC(=O)N(c2cccc(Cl)c2)C1. The Hall–Kier alpha value is -2.04. The van der Waals surface area contributed by atoms with Gasteiger partial charge in [-0.25, -0.2) is 0 Å². The van der Waals surface area contributed by atoms with Crippen molar-refractivity contribution in [1.29, 1.82) is 0 Å². The van der Waals surface area contributed by atoms with E-state index in [2.05, 4.69) is 0 Å². The van der Waals surface area contributed by atoms with Gasteiger partial charge in [0.2, 0.25) is 5.91 Å². The number of hydrogen-bond acceptors (Lipinski definition) is 3. The predicted octanol–water partition coefficient (Wildman–Crippen LogP) is 3.95. The summed E-state index contributed by atoms with van der Waals surface area (Å²) < 4.78 is 5.31. The molecule has 6 heteroatoms. The van der Waals surface area contributed by atoms with E-state index in [4.69, 9.17) is 27.9 Å². The summed E-state index contributed by atoms with van der Waals surface area (Å²) in [5, 5.41) is 0.897. The number of rotatable bonds is 3. The fraction of sp³-hybridized carbons (Fsp3) is 0.176. The van der Waals surface area contributed by atoms with Gasteiger partial charge in [0.1, 0.15) is 5.75 Å². The van der Waals surface area contributed by atoms with E-state index in [0.29, 0.717) is 21.5 Å². The van der Waals surface area contributed by atoms with Crippen molar-refractivity contribution >= 4 is 40.8 Å². The molecule has 1 saturated heterocycles. The van der Waals surface area contributed by atoms with Crippen molar-refractivity contribution in [1.82, 2.24) is 0 Å². The van der Waals surface area contributed by atoms with Gasteiger partial charge in [-0.3, -0.25) is 9.59 Å². The molecule has 0 aliphatic carbocycles. The zero-order valence-electron chi connectivity index (χ0n) is 12.0.